The monoisotopic (exact) mass is 383 g/mol. The van der Waals surface area contributed by atoms with Crippen LogP contribution in [0.1, 0.15) is 5.56 Å². The average Bonchev–Trinajstić information content (AvgIpc) is 3.14. The van der Waals surface area contributed by atoms with Gasteiger partial charge in [-0.05, 0) is 23.8 Å². The third kappa shape index (κ3) is 3.87. The van der Waals surface area contributed by atoms with Gasteiger partial charge in [-0.25, -0.2) is 0 Å². The zero-order chi connectivity index (χ0) is 17.1. The molecule has 0 saturated heterocycles. The van der Waals surface area contributed by atoms with Crippen LogP contribution >= 0.6 is 34.5 Å². The first-order valence-corrected chi connectivity index (χ1v) is 8.34. The summed E-state index contributed by atoms with van der Waals surface area (Å²) in [4.78, 5) is 12.0. The van der Waals surface area contributed by atoms with Crippen molar-refractivity contribution in [3.63, 3.8) is 0 Å². The summed E-state index contributed by atoms with van der Waals surface area (Å²) in [6.45, 7) is 0. The van der Waals surface area contributed by atoms with E-state index in [9.17, 15) is 4.79 Å². The summed E-state index contributed by atoms with van der Waals surface area (Å²) < 4.78 is 11.4. The van der Waals surface area contributed by atoms with E-state index in [1.165, 1.54) is 11.3 Å². The second-order valence-electron chi connectivity index (χ2n) is 4.72. The van der Waals surface area contributed by atoms with Gasteiger partial charge in [-0.3, -0.25) is 10.1 Å². The van der Waals surface area contributed by atoms with Gasteiger partial charge in [0.25, 0.3) is 5.89 Å². The zero-order valence-corrected chi connectivity index (χ0v) is 14.7. The van der Waals surface area contributed by atoms with Crippen LogP contribution in [0.3, 0.4) is 0 Å². The van der Waals surface area contributed by atoms with Gasteiger partial charge in [0.05, 0.1) is 23.4 Å². The fourth-order valence-electron chi connectivity index (χ4n) is 1.96. The number of ether oxygens (including phenoxy) is 1. The van der Waals surface area contributed by atoms with Crippen LogP contribution in [0.4, 0.5) is 6.01 Å². The Morgan fingerprint density at radius 3 is 2.67 bits per heavy atom. The number of benzene rings is 1. The number of nitrogens with one attached hydrogen (secondary N) is 1. The molecule has 0 atom stereocenters. The Hall–Kier alpha value is -2.09. The van der Waals surface area contributed by atoms with Crippen molar-refractivity contribution in [3.8, 4) is 17.2 Å². The molecule has 3 aromatic rings. The summed E-state index contributed by atoms with van der Waals surface area (Å²) in [5, 5.41) is 10.2. The number of halogens is 2. The van der Waals surface area contributed by atoms with Crippen molar-refractivity contribution in [2.24, 2.45) is 0 Å². The zero-order valence-electron chi connectivity index (χ0n) is 12.4. The lowest BCUT2D eigenvalue weighted by atomic mass is 10.1. The van der Waals surface area contributed by atoms with Gasteiger partial charge >= 0.3 is 6.01 Å². The molecule has 0 saturated carbocycles. The van der Waals surface area contributed by atoms with E-state index in [4.69, 9.17) is 32.4 Å². The molecule has 124 valence electrons. The molecular weight excluding hydrogens is 373 g/mol. The fourth-order valence-corrected chi connectivity index (χ4v) is 3.41. The predicted molar refractivity (Wildman–Crippen MR) is 93.0 cm³/mol. The smallest absolute Gasteiger partial charge is 0.322 e. The molecule has 0 bridgehead atoms. The van der Waals surface area contributed by atoms with Crippen LogP contribution in [0.25, 0.3) is 11.5 Å². The van der Waals surface area contributed by atoms with E-state index in [-0.39, 0.29) is 24.2 Å². The number of hydrogen-bond donors (Lipinski definition) is 1. The minimum atomic E-state index is -0.273. The molecule has 1 amide bonds. The highest BCUT2D eigenvalue weighted by Gasteiger charge is 2.16. The average molecular weight is 384 g/mol. The number of hydrogen-bond acceptors (Lipinski definition) is 6. The number of carbonyl (C=O) groups is 1. The second-order valence-corrected chi connectivity index (χ2v) is 7.01. The van der Waals surface area contributed by atoms with Crippen molar-refractivity contribution in [3.05, 3.63) is 44.6 Å². The number of amides is 1. The molecule has 0 aliphatic carbocycles. The number of methoxy groups -OCH3 is 1. The van der Waals surface area contributed by atoms with Crippen LogP contribution in [0.5, 0.6) is 5.75 Å². The van der Waals surface area contributed by atoms with Gasteiger partial charge in [-0.2, -0.15) is 0 Å². The van der Waals surface area contributed by atoms with E-state index >= 15 is 0 Å². The molecule has 1 aromatic carbocycles. The maximum absolute atomic E-state index is 12.0. The first-order chi connectivity index (χ1) is 11.5. The largest absolute Gasteiger partial charge is 0.497 e. The van der Waals surface area contributed by atoms with Gasteiger partial charge in [0.15, 0.2) is 0 Å². The highest BCUT2D eigenvalue weighted by molar-refractivity contribution is 7.20. The molecule has 1 N–H and O–H groups in total. The van der Waals surface area contributed by atoms with Crippen LogP contribution in [-0.4, -0.2) is 23.2 Å². The SMILES string of the molecule is COc1ccc(CC(=O)Nc2nnc(-c3cc(Cl)sc3Cl)o2)cc1. The summed E-state index contributed by atoms with van der Waals surface area (Å²) in [7, 11) is 1.59. The van der Waals surface area contributed by atoms with Gasteiger partial charge in [0, 0.05) is 0 Å². The molecular formula is C15H11Cl2N3O3S. The molecule has 0 spiro atoms. The minimum Gasteiger partial charge on any atom is -0.497 e. The third-order valence-electron chi connectivity index (χ3n) is 3.08. The number of thiophene rings is 1. The molecule has 2 heterocycles. The molecule has 0 aliphatic rings. The molecule has 3 rings (SSSR count). The van der Waals surface area contributed by atoms with Crippen LogP contribution in [-0.2, 0) is 11.2 Å². The summed E-state index contributed by atoms with van der Waals surface area (Å²) in [5.41, 5.74) is 1.37. The molecule has 0 fully saturated rings. The lowest BCUT2D eigenvalue weighted by Gasteiger charge is -2.03. The third-order valence-corrected chi connectivity index (χ3v) is 4.57. The van der Waals surface area contributed by atoms with E-state index in [0.717, 1.165) is 11.3 Å². The summed E-state index contributed by atoms with van der Waals surface area (Å²) in [5.74, 6) is 0.653. The number of anilines is 1. The van der Waals surface area contributed by atoms with Crippen molar-refractivity contribution in [2.75, 3.05) is 12.4 Å². The van der Waals surface area contributed by atoms with Crippen molar-refractivity contribution in [1.82, 2.24) is 10.2 Å². The Labute approximate surface area is 151 Å². The Morgan fingerprint density at radius 2 is 2.04 bits per heavy atom. The fraction of sp³-hybridized carbons (Fsp3) is 0.133. The van der Waals surface area contributed by atoms with Gasteiger partial charge in [-0.1, -0.05) is 40.4 Å². The Morgan fingerprint density at radius 1 is 1.29 bits per heavy atom. The molecule has 0 radical (unpaired) electrons. The second kappa shape index (κ2) is 7.21. The molecule has 6 nitrogen and oxygen atoms in total. The topological polar surface area (TPSA) is 77.2 Å². The lowest BCUT2D eigenvalue weighted by molar-refractivity contribution is -0.115. The highest BCUT2D eigenvalue weighted by Crippen LogP contribution is 2.37. The van der Waals surface area contributed by atoms with Crippen molar-refractivity contribution in [2.45, 2.75) is 6.42 Å². The summed E-state index contributed by atoms with van der Waals surface area (Å²) in [6.07, 6.45) is 0.173. The first-order valence-electron chi connectivity index (χ1n) is 6.76. The number of aromatic nitrogens is 2. The van der Waals surface area contributed by atoms with Crippen molar-refractivity contribution in [1.29, 1.82) is 0 Å². The van der Waals surface area contributed by atoms with Gasteiger partial charge in [0.2, 0.25) is 5.91 Å². The summed E-state index contributed by atoms with van der Waals surface area (Å²) in [6, 6.07) is 8.83. The number of nitrogens with zero attached hydrogens (tertiary/aromatic N) is 2. The van der Waals surface area contributed by atoms with Gasteiger partial charge in [-0.15, -0.1) is 16.4 Å². The van der Waals surface area contributed by atoms with Gasteiger partial charge < -0.3 is 9.15 Å². The first kappa shape index (κ1) is 16.8. The maximum atomic E-state index is 12.0. The van der Waals surface area contributed by atoms with E-state index < -0.39 is 0 Å². The summed E-state index contributed by atoms with van der Waals surface area (Å²) >= 11 is 13.1. The van der Waals surface area contributed by atoms with E-state index in [1.807, 2.05) is 12.1 Å². The van der Waals surface area contributed by atoms with Crippen molar-refractivity contribution < 1.29 is 13.9 Å². The molecule has 2 aromatic heterocycles. The Balaban J connectivity index is 1.65. The standard InChI is InChI=1S/C15H11Cl2N3O3S/c1-22-9-4-2-8(3-5-9)6-12(21)18-15-20-19-14(23-15)10-7-11(16)24-13(10)17/h2-5,7H,6H2,1H3,(H,18,20,21). The van der Waals surface area contributed by atoms with Crippen LogP contribution < -0.4 is 10.1 Å². The number of carbonyl (C=O) groups excluding carboxylic acids is 1. The predicted octanol–water partition coefficient (Wildman–Crippen LogP) is 4.29. The van der Waals surface area contributed by atoms with Crippen LogP contribution in [0.2, 0.25) is 8.67 Å². The molecule has 9 heteroatoms. The number of rotatable bonds is 5. The molecule has 0 aliphatic heterocycles. The quantitative estimate of drug-likeness (QED) is 0.710. The maximum Gasteiger partial charge on any atom is 0.322 e. The minimum absolute atomic E-state index is 0.00176. The lowest BCUT2D eigenvalue weighted by Crippen LogP contribution is -2.14. The highest BCUT2D eigenvalue weighted by atomic mass is 35.5. The van der Waals surface area contributed by atoms with Gasteiger partial charge in [0.1, 0.15) is 10.1 Å². The molecule has 24 heavy (non-hydrogen) atoms. The van der Waals surface area contributed by atoms with Crippen LogP contribution in [0.15, 0.2) is 34.7 Å². The molecule has 0 unspecified atom stereocenters. The van der Waals surface area contributed by atoms with E-state index in [0.29, 0.717) is 14.2 Å². The normalized spacial score (nSPS) is 10.6. The van der Waals surface area contributed by atoms with Crippen molar-refractivity contribution >= 4 is 46.5 Å². The Bertz CT molecular complexity index is 861. The van der Waals surface area contributed by atoms with E-state index in [1.54, 1.807) is 25.3 Å². The van der Waals surface area contributed by atoms with E-state index in [2.05, 4.69) is 15.5 Å². The van der Waals surface area contributed by atoms with Crippen LogP contribution in [0, 0.1) is 0 Å². The Kier molecular flexibility index (Phi) is 5.03.